The van der Waals surface area contributed by atoms with Gasteiger partial charge in [0, 0.05) is 25.3 Å². The lowest BCUT2D eigenvalue weighted by atomic mass is 10.0. The number of nitrogens with zero attached hydrogens (tertiary/aromatic N) is 1. The van der Waals surface area contributed by atoms with Crippen molar-refractivity contribution in [2.24, 2.45) is 0 Å². The van der Waals surface area contributed by atoms with E-state index in [0.717, 1.165) is 18.4 Å². The number of carbonyl (C=O) groups excluding carboxylic acids is 4. The summed E-state index contributed by atoms with van der Waals surface area (Å²) in [4.78, 5) is 51.3. The second kappa shape index (κ2) is 9.64. The molecule has 1 atom stereocenters. The molecule has 0 saturated heterocycles. The quantitative estimate of drug-likeness (QED) is 0.588. The molecule has 1 aliphatic carbocycles. The highest BCUT2D eigenvalue weighted by molar-refractivity contribution is 6.10. The summed E-state index contributed by atoms with van der Waals surface area (Å²) < 4.78 is 0. The van der Waals surface area contributed by atoms with Gasteiger partial charge in [-0.25, -0.2) is 0 Å². The number of rotatable bonds is 8. The molecule has 8 nitrogen and oxygen atoms in total. The van der Waals surface area contributed by atoms with Gasteiger partial charge < -0.3 is 20.9 Å². The van der Waals surface area contributed by atoms with Crippen LogP contribution in [0.1, 0.15) is 31.2 Å². The Morgan fingerprint density at radius 2 is 1.72 bits per heavy atom. The molecule has 1 saturated carbocycles. The summed E-state index contributed by atoms with van der Waals surface area (Å²) in [7, 11) is 0. The van der Waals surface area contributed by atoms with E-state index in [-0.39, 0.29) is 49.1 Å². The normalized spacial score (nSPS) is 15.9. The molecule has 8 heteroatoms. The van der Waals surface area contributed by atoms with Gasteiger partial charge in [-0.2, -0.15) is 0 Å². The molecule has 166 valence electrons. The molecule has 2 aromatic carbocycles. The van der Waals surface area contributed by atoms with Crippen molar-refractivity contribution in [2.45, 2.75) is 44.2 Å². The molecule has 4 rings (SSSR count). The number of para-hydroxylation sites is 2. The van der Waals surface area contributed by atoms with E-state index >= 15 is 0 Å². The van der Waals surface area contributed by atoms with E-state index < -0.39 is 6.04 Å². The summed E-state index contributed by atoms with van der Waals surface area (Å²) in [6.45, 7) is -0.0854. The van der Waals surface area contributed by atoms with Gasteiger partial charge >= 0.3 is 0 Å². The predicted octanol–water partition coefficient (Wildman–Crippen LogP) is 1.76. The summed E-state index contributed by atoms with van der Waals surface area (Å²) in [5.41, 5.74) is 2.13. The van der Waals surface area contributed by atoms with Crippen molar-refractivity contribution in [3.05, 3.63) is 60.2 Å². The van der Waals surface area contributed by atoms with Crippen molar-refractivity contribution in [3.63, 3.8) is 0 Å². The van der Waals surface area contributed by atoms with E-state index in [0.29, 0.717) is 17.8 Å². The number of nitrogens with one attached hydrogen (secondary N) is 3. The zero-order valence-electron chi connectivity index (χ0n) is 17.7. The molecular weight excluding hydrogens is 408 g/mol. The highest BCUT2D eigenvalue weighted by atomic mass is 16.2. The van der Waals surface area contributed by atoms with E-state index in [2.05, 4.69) is 16.0 Å². The van der Waals surface area contributed by atoms with Gasteiger partial charge in [-0.3, -0.25) is 19.2 Å². The Balaban J connectivity index is 1.36. The largest absolute Gasteiger partial charge is 0.352 e. The monoisotopic (exact) mass is 434 g/mol. The third-order valence-corrected chi connectivity index (χ3v) is 5.50. The van der Waals surface area contributed by atoms with Crippen LogP contribution in [0.5, 0.6) is 0 Å². The van der Waals surface area contributed by atoms with E-state index in [9.17, 15) is 19.2 Å². The number of hydrogen-bond acceptors (Lipinski definition) is 4. The van der Waals surface area contributed by atoms with Gasteiger partial charge in [0.2, 0.25) is 23.6 Å². The molecule has 0 radical (unpaired) electrons. The first kappa shape index (κ1) is 21.5. The molecular formula is C24H26N4O4. The van der Waals surface area contributed by atoms with Crippen LogP contribution in [0.25, 0.3) is 0 Å². The first-order valence-corrected chi connectivity index (χ1v) is 10.8. The number of amides is 4. The van der Waals surface area contributed by atoms with Gasteiger partial charge in [0.1, 0.15) is 12.6 Å². The zero-order chi connectivity index (χ0) is 22.5. The van der Waals surface area contributed by atoms with Gasteiger partial charge in [0.05, 0.1) is 11.4 Å². The number of carbonyl (C=O) groups is 4. The number of benzene rings is 2. The Bertz CT molecular complexity index is 1020. The molecule has 0 aromatic heterocycles. The maximum Gasteiger partial charge on any atom is 0.244 e. The summed E-state index contributed by atoms with van der Waals surface area (Å²) in [6.07, 6.45) is 2.16. The van der Waals surface area contributed by atoms with Gasteiger partial charge in [-0.05, 0) is 30.5 Å². The van der Waals surface area contributed by atoms with Crippen LogP contribution in [-0.2, 0) is 25.6 Å². The molecule has 1 aliphatic heterocycles. The third-order valence-electron chi connectivity index (χ3n) is 5.50. The Morgan fingerprint density at radius 1 is 1.00 bits per heavy atom. The molecule has 0 spiro atoms. The molecule has 2 aliphatic rings. The molecule has 3 N–H and O–H groups in total. The van der Waals surface area contributed by atoms with E-state index in [1.54, 1.807) is 24.3 Å². The Morgan fingerprint density at radius 3 is 2.47 bits per heavy atom. The fourth-order valence-corrected chi connectivity index (χ4v) is 3.67. The molecule has 32 heavy (non-hydrogen) atoms. The predicted molar refractivity (Wildman–Crippen MR) is 120 cm³/mol. The minimum absolute atomic E-state index is 0.0598. The molecule has 1 heterocycles. The van der Waals surface area contributed by atoms with Crippen molar-refractivity contribution >= 4 is 35.0 Å². The number of fused-ring (bicyclic) bond motifs is 1. The van der Waals surface area contributed by atoms with E-state index in [4.69, 9.17) is 0 Å². The van der Waals surface area contributed by atoms with Gasteiger partial charge in [-0.1, -0.05) is 42.5 Å². The lowest BCUT2D eigenvalue weighted by molar-refractivity contribution is -0.130. The van der Waals surface area contributed by atoms with E-state index in [1.165, 1.54) is 4.90 Å². The summed E-state index contributed by atoms with van der Waals surface area (Å²) in [5.74, 6) is -1.18. The van der Waals surface area contributed by atoms with Crippen LogP contribution in [0.15, 0.2) is 54.6 Å². The van der Waals surface area contributed by atoms with Gasteiger partial charge in [0.25, 0.3) is 0 Å². The maximum absolute atomic E-state index is 12.8. The lowest BCUT2D eigenvalue weighted by Gasteiger charge is -2.29. The van der Waals surface area contributed by atoms with Crippen LogP contribution in [0.4, 0.5) is 11.4 Å². The lowest BCUT2D eigenvalue weighted by Crippen LogP contribution is -2.49. The first-order chi connectivity index (χ1) is 15.5. The van der Waals surface area contributed by atoms with Crippen LogP contribution in [0.3, 0.4) is 0 Å². The molecule has 1 fully saturated rings. The van der Waals surface area contributed by atoms with Crippen molar-refractivity contribution < 1.29 is 19.2 Å². The van der Waals surface area contributed by atoms with Crippen molar-refractivity contribution in [1.82, 2.24) is 10.6 Å². The highest BCUT2D eigenvalue weighted by Gasteiger charge is 2.30. The van der Waals surface area contributed by atoms with Gasteiger partial charge in [-0.15, -0.1) is 0 Å². The fraction of sp³-hybridized carbons (Fsp3) is 0.333. The van der Waals surface area contributed by atoms with Crippen LogP contribution in [-0.4, -0.2) is 42.3 Å². The van der Waals surface area contributed by atoms with Crippen LogP contribution < -0.4 is 20.9 Å². The fourth-order valence-electron chi connectivity index (χ4n) is 3.67. The Labute approximate surface area is 186 Å². The van der Waals surface area contributed by atoms with Gasteiger partial charge in [0.15, 0.2) is 0 Å². The Kier molecular flexibility index (Phi) is 6.49. The van der Waals surface area contributed by atoms with E-state index in [1.807, 2.05) is 30.3 Å². The molecule has 0 bridgehead atoms. The number of hydrogen-bond donors (Lipinski definition) is 3. The second-order valence-electron chi connectivity index (χ2n) is 8.14. The van der Waals surface area contributed by atoms with Crippen LogP contribution >= 0.6 is 0 Å². The molecule has 2 aromatic rings. The first-order valence-electron chi connectivity index (χ1n) is 10.8. The molecule has 1 unspecified atom stereocenters. The zero-order valence-corrected chi connectivity index (χ0v) is 17.7. The third kappa shape index (κ3) is 5.51. The van der Waals surface area contributed by atoms with Crippen LogP contribution in [0, 0.1) is 0 Å². The van der Waals surface area contributed by atoms with Crippen molar-refractivity contribution in [1.29, 1.82) is 0 Å². The summed E-state index contributed by atoms with van der Waals surface area (Å²) in [5, 5.41) is 8.46. The summed E-state index contributed by atoms with van der Waals surface area (Å²) >= 11 is 0. The average molecular weight is 434 g/mol. The standard InChI is InChI=1S/C24H26N4O4/c29-21(12-13-23(31)28-15-22(30)26-18-8-4-5-9-20(18)28)27-19(24(32)25-17-10-11-17)14-16-6-2-1-3-7-16/h1-9,17,19H,10-15H2,(H,25,32)(H,26,30)(H,27,29). The molecule has 4 amide bonds. The maximum atomic E-state index is 12.8. The highest BCUT2D eigenvalue weighted by Crippen LogP contribution is 2.29. The number of anilines is 2. The Hall–Kier alpha value is -3.68. The minimum Gasteiger partial charge on any atom is -0.352 e. The average Bonchev–Trinajstić information content (AvgIpc) is 3.61. The van der Waals surface area contributed by atoms with Crippen LogP contribution in [0.2, 0.25) is 0 Å². The second-order valence-corrected chi connectivity index (χ2v) is 8.14. The topological polar surface area (TPSA) is 108 Å². The summed E-state index contributed by atoms with van der Waals surface area (Å²) in [6, 6.07) is 16.0. The van der Waals surface area contributed by atoms with Crippen molar-refractivity contribution in [2.75, 3.05) is 16.8 Å². The SMILES string of the molecule is O=C1CN(C(=O)CCC(=O)NC(Cc2ccccc2)C(=O)NC2CC2)c2ccccc2N1. The minimum atomic E-state index is -0.706. The smallest absolute Gasteiger partial charge is 0.244 e. The van der Waals surface area contributed by atoms with Crippen molar-refractivity contribution in [3.8, 4) is 0 Å².